The lowest BCUT2D eigenvalue weighted by atomic mass is 9.89. The van der Waals surface area contributed by atoms with Crippen molar-refractivity contribution >= 4 is 11.9 Å². The van der Waals surface area contributed by atoms with Crippen molar-refractivity contribution < 1.29 is 23.8 Å². The number of carboxylic acids is 1. The van der Waals surface area contributed by atoms with E-state index in [9.17, 15) is 14.0 Å². The highest BCUT2D eigenvalue weighted by atomic mass is 19.1. The van der Waals surface area contributed by atoms with Crippen LogP contribution in [-0.2, 0) is 9.59 Å². The molecule has 1 aromatic rings. The number of carboxylic acid groups (broad SMARTS) is 1. The number of rotatable bonds is 6. The van der Waals surface area contributed by atoms with Crippen LogP contribution < -0.4 is 10.1 Å². The Morgan fingerprint density at radius 3 is 2.57 bits per heavy atom. The lowest BCUT2D eigenvalue weighted by Crippen LogP contribution is -2.35. The highest BCUT2D eigenvalue weighted by Crippen LogP contribution is 2.28. The minimum atomic E-state index is -1.18. The van der Waals surface area contributed by atoms with Gasteiger partial charge >= 0.3 is 5.97 Å². The summed E-state index contributed by atoms with van der Waals surface area (Å²) in [4.78, 5) is 22.9. The molecule has 116 valence electrons. The molecule has 0 aliphatic rings. The molecule has 0 radical (unpaired) electrons. The third-order valence-corrected chi connectivity index (χ3v) is 3.22. The van der Waals surface area contributed by atoms with E-state index in [0.29, 0.717) is 5.75 Å². The Labute approximate surface area is 123 Å². The van der Waals surface area contributed by atoms with Crippen LogP contribution in [0, 0.1) is 11.2 Å². The Kier molecular flexibility index (Phi) is 5.29. The largest absolute Gasteiger partial charge is 0.496 e. The normalized spacial score (nSPS) is 12.6. The van der Waals surface area contributed by atoms with E-state index in [-0.39, 0.29) is 12.0 Å². The summed E-state index contributed by atoms with van der Waals surface area (Å²) in [5.74, 6) is -1.67. The molecule has 1 aromatic carbocycles. The van der Waals surface area contributed by atoms with E-state index in [1.54, 1.807) is 13.0 Å². The van der Waals surface area contributed by atoms with Crippen molar-refractivity contribution in [3.05, 3.63) is 29.6 Å². The van der Waals surface area contributed by atoms with Gasteiger partial charge in [-0.3, -0.25) is 9.59 Å². The molecule has 0 bridgehead atoms. The molecule has 1 rings (SSSR count). The summed E-state index contributed by atoms with van der Waals surface area (Å²) in [6.07, 6.45) is -0.191. The monoisotopic (exact) mass is 297 g/mol. The molecule has 0 spiro atoms. The van der Waals surface area contributed by atoms with Gasteiger partial charge in [-0.15, -0.1) is 0 Å². The molecule has 2 N–H and O–H groups in total. The highest BCUT2D eigenvalue weighted by molar-refractivity contribution is 5.84. The quantitative estimate of drug-likeness (QED) is 0.846. The van der Waals surface area contributed by atoms with E-state index in [1.165, 1.54) is 33.1 Å². The standard InChI is InChI=1S/C15H20FNO4/c1-9(13-10(16)6-5-7-11(13)21-4)17-12(18)8-15(2,3)14(19)20/h5-7,9H,8H2,1-4H3,(H,17,18)(H,19,20). The van der Waals surface area contributed by atoms with Crippen molar-refractivity contribution in [2.24, 2.45) is 5.41 Å². The second-order valence-corrected chi connectivity index (χ2v) is 5.51. The molecule has 0 aliphatic heterocycles. The predicted molar refractivity (Wildman–Crippen MR) is 75.5 cm³/mol. The topological polar surface area (TPSA) is 75.6 Å². The van der Waals surface area contributed by atoms with Gasteiger partial charge < -0.3 is 15.2 Å². The SMILES string of the molecule is COc1cccc(F)c1C(C)NC(=O)CC(C)(C)C(=O)O. The second-order valence-electron chi connectivity index (χ2n) is 5.51. The summed E-state index contributed by atoms with van der Waals surface area (Å²) in [6, 6.07) is 3.77. The van der Waals surface area contributed by atoms with E-state index < -0.39 is 29.2 Å². The average molecular weight is 297 g/mol. The van der Waals surface area contributed by atoms with Gasteiger partial charge in [0.2, 0.25) is 5.91 Å². The molecule has 6 heteroatoms. The molecule has 0 saturated heterocycles. The van der Waals surface area contributed by atoms with Crippen LogP contribution in [0.2, 0.25) is 0 Å². The number of halogens is 1. The minimum absolute atomic E-state index is 0.191. The smallest absolute Gasteiger partial charge is 0.309 e. The van der Waals surface area contributed by atoms with Crippen LogP contribution in [0.1, 0.15) is 38.8 Å². The lowest BCUT2D eigenvalue weighted by Gasteiger charge is -2.22. The van der Waals surface area contributed by atoms with E-state index >= 15 is 0 Å². The van der Waals surface area contributed by atoms with Gasteiger partial charge in [-0.1, -0.05) is 6.07 Å². The first kappa shape index (κ1) is 16.9. The zero-order valence-electron chi connectivity index (χ0n) is 12.6. The Balaban J connectivity index is 2.85. The van der Waals surface area contributed by atoms with Crippen LogP contribution in [0.5, 0.6) is 5.75 Å². The fourth-order valence-electron chi connectivity index (χ4n) is 1.96. The van der Waals surface area contributed by atoms with Gasteiger partial charge in [0, 0.05) is 6.42 Å². The average Bonchev–Trinajstić information content (AvgIpc) is 2.36. The zero-order valence-corrected chi connectivity index (χ0v) is 12.6. The molecule has 0 aliphatic carbocycles. The van der Waals surface area contributed by atoms with Crippen LogP contribution in [0.15, 0.2) is 18.2 Å². The zero-order chi connectivity index (χ0) is 16.2. The highest BCUT2D eigenvalue weighted by Gasteiger charge is 2.31. The first-order chi connectivity index (χ1) is 9.69. The van der Waals surface area contributed by atoms with Crippen LogP contribution in [0.25, 0.3) is 0 Å². The third kappa shape index (κ3) is 4.18. The number of amides is 1. The number of hydrogen-bond donors (Lipinski definition) is 2. The number of carbonyl (C=O) groups is 2. The summed E-state index contributed by atoms with van der Waals surface area (Å²) >= 11 is 0. The lowest BCUT2D eigenvalue weighted by molar-refractivity contribution is -0.149. The Bertz CT molecular complexity index is 542. The van der Waals surface area contributed by atoms with Crippen molar-refractivity contribution in [3.8, 4) is 5.75 Å². The van der Waals surface area contributed by atoms with Gasteiger partial charge in [0.05, 0.1) is 24.1 Å². The summed E-state index contributed by atoms with van der Waals surface area (Å²) < 4.78 is 19.0. The number of aliphatic carboxylic acids is 1. The maximum absolute atomic E-state index is 13.9. The Hall–Kier alpha value is -2.11. The van der Waals surface area contributed by atoms with E-state index in [4.69, 9.17) is 9.84 Å². The van der Waals surface area contributed by atoms with Crippen molar-refractivity contribution in [3.63, 3.8) is 0 Å². The molecule has 1 atom stereocenters. The maximum atomic E-state index is 13.9. The molecule has 0 saturated carbocycles. The Morgan fingerprint density at radius 1 is 1.43 bits per heavy atom. The number of ether oxygens (including phenoxy) is 1. The fraction of sp³-hybridized carbons (Fsp3) is 0.467. The number of carbonyl (C=O) groups excluding carboxylic acids is 1. The van der Waals surface area contributed by atoms with Gasteiger partial charge in [-0.2, -0.15) is 0 Å². The number of methoxy groups -OCH3 is 1. The Morgan fingerprint density at radius 2 is 2.05 bits per heavy atom. The van der Waals surface area contributed by atoms with E-state index in [1.807, 2.05) is 0 Å². The van der Waals surface area contributed by atoms with Crippen LogP contribution in [0.3, 0.4) is 0 Å². The van der Waals surface area contributed by atoms with Crippen molar-refractivity contribution in [2.45, 2.75) is 33.2 Å². The summed E-state index contributed by atoms with van der Waals surface area (Å²) in [7, 11) is 1.42. The molecule has 0 aromatic heterocycles. The number of hydrogen-bond acceptors (Lipinski definition) is 3. The number of nitrogens with one attached hydrogen (secondary N) is 1. The summed E-state index contributed by atoms with van der Waals surface area (Å²) in [5.41, 5.74) is -0.940. The molecular weight excluding hydrogens is 277 g/mol. The molecule has 0 heterocycles. The molecule has 1 amide bonds. The van der Waals surface area contributed by atoms with Gasteiger partial charge in [-0.25, -0.2) is 4.39 Å². The summed E-state index contributed by atoms with van der Waals surface area (Å²) in [5, 5.41) is 11.6. The predicted octanol–water partition coefficient (Wildman–Crippen LogP) is 2.51. The van der Waals surface area contributed by atoms with E-state index in [2.05, 4.69) is 5.32 Å². The van der Waals surface area contributed by atoms with E-state index in [0.717, 1.165) is 0 Å². The van der Waals surface area contributed by atoms with Gasteiger partial charge in [0.1, 0.15) is 11.6 Å². The van der Waals surface area contributed by atoms with Gasteiger partial charge in [0.25, 0.3) is 0 Å². The summed E-state index contributed by atoms with van der Waals surface area (Å²) in [6.45, 7) is 4.54. The van der Waals surface area contributed by atoms with Gasteiger partial charge in [-0.05, 0) is 32.9 Å². The molecule has 21 heavy (non-hydrogen) atoms. The molecular formula is C15H20FNO4. The van der Waals surface area contributed by atoms with Crippen LogP contribution in [-0.4, -0.2) is 24.1 Å². The second kappa shape index (κ2) is 6.56. The fourth-order valence-corrected chi connectivity index (χ4v) is 1.96. The molecule has 0 fully saturated rings. The first-order valence-electron chi connectivity index (χ1n) is 6.54. The third-order valence-electron chi connectivity index (χ3n) is 3.22. The minimum Gasteiger partial charge on any atom is -0.496 e. The number of benzene rings is 1. The van der Waals surface area contributed by atoms with Crippen molar-refractivity contribution in [1.82, 2.24) is 5.32 Å². The molecule has 5 nitrogen and oxygen atoms in total. The van der Waals surface area contributed by atoms with Crippen molar-refractivity contribution in [1.29, 1.82) is 0 Å². The van der Waals surface area contributed by atoms with Crippen molar-refractivity contribution in [2.75, 3.05) is 7.11 Å². The van der Waals surface area contributed by atoms with Gasteiger partial charge in [0.15, 0.2) is 0 Å². The van der Waals surface area contributed by atoms with Crippen LogP contribution >= 0.6 is 0 Å². The molecule has 1 unspecified atom stereocenters. The first-order valence-corrected chi connectivity index (χ1v) is 6.54. The maximum Gasteiger partial charge on any atom is 0.309 e. The van der Waals surface area contributed by atoms with Crippen LogP contribution in [0.4, 0.5) is 4.39 Å².